The van der Waals surface area contributed by atoms with E-state index in [1.165, 1.54) is 0 Å². The first-order valence-corrected chi connectivity index (χ1v) is 11.9. The zero-order valence-electron chi connectivity index (χ0n) is 17.8. The molecule has 2 aliphatic heterocycles. The molecule has 32 heavy (non-hydrogen) atoms. The number of rotatable bonds is 5. The summed E-state index contributed by atoms with van der Waals surface area (Å²) in [6.45, 7) is 0. The second-order valence-electron chi connectivity index (χ2n) is 9.00. The van der Waals surface area contributed by atoms with Gasteiger partial charge in [-0.05, 0) is 54.5 Å². The van der Waals surface area contributed by atoms with Crippen molar-refractivity contribution in [1.29, 1.82) is 0 Å². The molecular weight excluding hydrogens is 439 g/mol. The first-order valence-electron chi connectivity index (χ1n) is 11.1. The van der Waals surface area contributed by atoms with Crippen LogP contribution in [-0.4, -0.2) is 22.9 Å². The Bertz CT molecular complexity index is 1070. The molecule has 5 heteroatoms. The number of piperidine rings is 1. The van der Waals surface area contributed by atoms with Crippen molar-refractivity contribution in [3.8, 4) is 0 Å². The molecule has 164 valence electrons. The maximum Gasteiger partial charge on any atom is 0.228 e. The Kier molecular flexibility index (Phi) is 5.75. The minimum atomic E-state index is -0.644. The summed E-state index contributed by atoms with van der Waals surface area (Å²) in [4.78, 5) is 15.4. The molecule has 3 atom stereocenters. The van der Waals surface area contributed by atoms with Crippen LogP contribution in [0.2, 0.25) is 10.0 Å². The fourth-order valence-electron chi connectivity index (χ4n) is 5.92. The van der Waals surface area contributed by atoms with E-state index in [-0.39, 0.29) is 24.0 Å². The number of nitrogens with two attached hydrogens (primary N) is 1. The summed E-state index contributed by atoms with van der Waals surface area (Å²) in [7, 11) is 0. The van der Waals surface area contributed by atoms with Gasteiger partial charge in [-0.3, -0.25) is 9.69 Å². The van der Waals surface area contributed by atoms with Gasteiger partial charge in [-0.2, -0.15) is 0 Å². The first-order chi connectivity index (χ1) is 15.5. The summed E-state index contributed by atoms with van der Waals surface area (Å²) in [6, 6.07) is 26.4. The van der Waals surface area contributed by atoms with Crippen molar-refractivity contribution < 1.29 is 4.79 Å². The molecule has 0 saturated carbocycles. The van der Waals surface area contributed by atoms with Gasteiger partial charge in [0.2, 0.25) is 5.91 Å². The van der Waals surface area contributed by atoms with Gasteiger partial charge in [-0.15, -0.1) is 0 Å². The number of hydrogen-bond donors (Lipinski definition) is 1. The third-order valence-corrected chi connectivity index (χ3v) is 8.03. The average molecular weight is 465 g/mol. The minimum Gasteiger partial charge on any atom is -0.369 e. The fraction of sp³-hybridized carbons (Fsp3) is 0.296. The standard InChI is InChI=1S/C27H26Cl2N2O/c28-23-12-6-4-10-21(23)25(22-11-5-7-13-24(22)29)31-19-14-15-20(31)17-27(16-19,26(30)32)18-8-2-1-3-9-18/h1-13,19-20,25H,14-17H2,(H2,30,32)/t19-,20+,27+. The van der Waals surface area contributed by atoms with E-state index in [1.807, 2.05) is 66.7 Å². The molecule has 1 amide bonds. The second-order valence-corrected chi connectivity index (χ2v) is 9.81. The van der Waals surface area contributed by atoms with Gasteiger partial charge in [0, 0.05) is 22.1 Å². The van der Waals surface area contributed by atoms with Gasteiger partial charge in [0.25, 0.3) is 0 Å². The monoisotopic (exact) mass is 464 g/mol. The number of nitrogens with zero attached hydrogens (tertiary/aromatic N) is 1. The van der Waals surface area contributed by atoms with Crippen LogP contribution in [0.4, 0.5) is 0 Å². The highest BCUT2D eigenvalue weighted by Crippen LogP contribution is 2.52. The van der Waals surface area contributed by atoms with Gasteiger partial charge in [0.1, 0.15) is 0 Å². The van der Waals surface area contributed by atoms with E-state index in [2.05, 4.69) is 17.0 Å². The Labute approximate surface area is 199 Å². The van der Waals surface area contributed by atoms with Crippen molar-refractivity contribution in [2.24, 2.45) is 5.73 Å². The quantitative estimate of drug-likeness (QED) is 0.493. The summed E-state index contributed by atoms with van der Waals surface area (Å²) in [5.74, 6) is -0.229. The SMILES string of the molecule is NC(=O)[C@@]1(c2ccccc2)C[C@H]2CC[C@@H](C1)N2C(c1ccccc1Cl)c1ccccc1Cl. The van der Waals surface area contributed by atoms with Gasteiger partial charge < -0.3 is 5.73 Å². The topological polar surface area (TPSA) is 46.3 Å². The van der Waals surface area contributed by atoms with Gasteiger partial charge in [0.15, 0.2) is 0 Å². The van der Waals surface area contributed by atoms with Crippen LogP contribution in [0.5, 0.6) is 0 Å². The normalized spacial score (nSPS) is 25.2. The van der Waals surface area contributed by atoms with Crippen molar-refractivity contribution >= 4 is 29.1 Å². The molecule has 0 spiro atoms. The molecule has 2 N–H and O–H groups in total. The van der Waals surface area contributed by atoms with E-state index in [0.717, 1.165) is 39.6 Å². The Hall–Kier alpha value is -2.33. The molecular formula is C27H26Cl2N2O. The van der Waals surface area contributed by atoms with Crippen molar-refractivity contribution in [2.75, 3.05) is 0 Å². The molecule has 0 aromatic heterocycles. The van der Waals surface area contributed by atoms with Crippen molar-refractivity contribution in [3.63, 3.8) is 0 Å². The third kappa shape index (κ3) is 3.53. The number of hydrogen-bond acceptors (Lipinski definition) is 2. The number of carbonyl (C=O) groups excluding carboxylic acids is 1. The maximum atomic E-state index is 12.9. The third-order valence-electron chi connectivity index (χ3n) is 7.34. The van der Waals surface area contributed by atoms with E-state index in [9.17, 15) is 4.79 Å². The van der Waals surface area contributed by atoms with Crippen molar-refractivity contribution in [1.82, 2.24) is 4.90 Å². The van der Waals surface area contributed by atoms with Crippen molar-refractivity contribution in [3.05, 3.63) is 106 Å². The maximum absolute atomic E-state index is 12.9. The summed E-state index contributed by atoms with van der Waals surface area (Å²) >= 11 is 13.4. The lowest BCUT2D eigenvalue weighted by molar-refractivity contribution is -0.127. The summed E-state index contributed by atoms with van der Waals surface area (Å²) in [5.41, 5.74) is 8.55. The smallest absolute Gasteiger partial charge is 0.228 e. The summed E-state index contributed by atoms with van der Waals surface area (Å²) < 4.78 is 0. The van der Waals surface area contributed by atoms with E-state index < -0.39 is 5.41 Å². The number of amides is 1. The average Bonchev–Trinajstić information content (AvgIpc) is 3.06. The Morgan fingerprint density at radius 3 is 1.75 bits per heavy atom. The van der Waals surface area contributed by atoms with E-state index in [4.69, 9.17) is 28.9 Å². The lowest BCUT2D eigenvalue weighted by Gasteiger charge is -2.48. The van der Waals surface area contributed by atoms with Gasteiger partial charge >= 0.3 is 0 Å². The summed E-state index contributed by atoms with van der Waals surface area (Å²) in [6.07, 6.45) is 3.46. The van der Waals surface area contributed by atoms with Gasteiger partial charge in [-0.1, -0.05) is 89.9 Å². The zero-order valence-corrected chi connectivity index (χ0v) is 19.3. The lowest BCUT2D eigenvalue weighted by Crippen LogP contribution is -2.55. The van der Waals surface area contributed by atoms with Crippen LogP contribution < -0.4 is 5.73 Å². The summed E-state index contributed by atoms with van der Waals surface area (Å²) in [5, 5.41) is 1.46. The van der Waals surface area contributed by atoms with E-state index in [0.29, 0.717) is 12.8 Å². The Morgan fingerprint density at radius 1 is 0.812 bits per heavy atom. The van der Waals surface area contributed by atoms with Gasteiger partial charge in [0.05, 0.1) is 11.5 Å². The molecule has 5 rings (SSSR count). The molecule has 2 heterocycles. The highest BCUT2D eigenvalue weighted by molar-refractivity contribution is 6.32. The predicted molar refractivity (Wildman–Crippen MR) is 130 cm³/mol. The lowest BCUT2D eigenvalue weighted by atomic mass is 9.68. The van der Waals surface area contributed by atoms with Crippen LogP contribution in [0.15, 0.2) is 78.9 Å². The largest absolute Gasteiger partial charge is 0.369 e. The highest BCUT2D eigenvalue weighted by Gasteiger charge is 2.54. The molecule has 2 bridgehead atoms. The fourth-order valence-corrected chi connectivity index (χ4v) is 6.40. The van der Waals surface area contributed by atoms with Crippen LogP contribution in [0.25, 0.3) is 0 Å². The minimum absolute atomic E-state index is 0.0726. The Morgan fingerprint density at radius 2 is 1.28 bits per heavy atom. The van der Waals surface area contributed by atoms with E-state index >= 15 is 0 Å². The zero-order chi connectivity index (χ0) is 22.3. The second kappa shape index (κ2) is 8.55. The van der Waals surface area contributed by atoms with Crippen LogP contribution >= 0.6 is 23.2 Å². The molecule has 0 unspecified atom stereocenters. The van der Waals surface area contributed by atoms with Crippen molar-refractivity contribution in [2.45, 2.75) is 49.2 Å². The predicted octanol–water partition coefficient (Wildman–Crippen LogP) is 6.13. The molecule has 0 aliphatic carbocycles. The first kappa shape index (κ1) is 21.5. The molecule has 3 aromatic rings. The van der Waals surface area contributed by atoms with Crippen LogP contribution in [0, 0.1) is 0 Å². The van der Waals surface area contributed by atoms with Gasteiger partial charge in [-0.25, -0.2) is 0 Å². The van der Waals surface area contributed by atoms with Crippen LogP contribution in [0.3, 0.4) is 0 Å². The van der Waals surface area contributed by atoms with Crippen LogP contribution in [0.1, 0.15) is 48.4 Å². The Balaban J connectivity index is 1.60. The number of primary amides is 1. The molecule has 2 fully saturated rings. The van der Waals surface area contributed by atoms with Crippen LogP contribution in [-0.2, 0) is 10.2 Å². The number of carbonyl (C=O) groups is 1. The highest BCUT2D eigenvalue weighted by atomic mass is 35.5. The molecule has 3 aromatic carbocycles. The molecule has 3 nitrogen and oxygen atoms in total. The number of halogens is 2. The number of fused-ring (bicyclic) bond motifs is 2. The molecule has 2 aliphatic rings. The molecule has 0 radical (unpaired) electrons. The van der Waals surface area contributed by atoms with E-state index in [1.54, 1.807) is 0 Å². The number of benzene rings is 3. The molecule has 2 saturated heterocycles.